The predicted octanol–water partition coefficient (Wildman–Crippen LogP) is 6.97. The monoisotopic (exact) mass is 489 g/mol. The molecule has 3 aromatic rings. The van der Waals surface area contributed by atoms with Crippen molar-refractivity contribution in [1.82, 2.24) is 4.90 Å². The molecule has 0 aromatic heterocycles. The predicted molar refractivity (Wildman–Crippen MR) is 145 cm³/mol. The average Bonchev–Trinajstić information content (AvgIpc) is 2.92. The van der Waals surface area contributed by atoms with Gasteiger partial charge in [0.2, 0.25) is 0 Å². The van der Waals surface area contributed by atoms with E-state index in [1.54, 1.807) is 13.2 Å². The van der Waals surface area contributed by atoms with E-state index in [2.05, 4.69) is 48.2 Å². The minimum absolute atomic E-state index is 0.0713. The average molecular weight is 490 g/mol. The Bertz CT molecular complexity index is 1090. The summed E-state index contributed by atoms with van der Waals surface area (Å²) in [5, 5.41) is 12.4. The van der Waals surface area contributed by atoms with Crippen molar-refractivity contribution in [1.29, 1.82) is 0 Å². The Balaban J connectivity index is 1.63. The van der Waals surface area contributed by atoms with Crippen molar-refractivity contribution >= 4 is 0 Å². The third kappa shape index (κ3) is 6.23. The number of nitrogens with zero attached hydrogens (tertiary/aromatic N) is 1. The number of rotatable bonds is 11. The summed E-state index contributed by atoms with van der Waals surface area (Å²) in [6.07, 6.45) is 4.97. The molecule has 1 atom stereocenters. The molecule has 36 heavy (non-hydrogen) atoms. The number of aryl methyl sites for hydroxylation is 1. The fourth-order valence-electron chi connectivity index (χ4n) is 5.73. The zero-order chi connectivity index (χ0) is 25.4. The molecule has 1 aliphatic heterocycles. The molecular weight excluding hydrogens is 449 g/mol. The van der Waals surface area contributed by atoms with E-state index < -0.39 is 5.60 Å². The lowest BCUT2D eigenvalue weighted by Crippen LogP contribution is -2.43. The second-order valence-electron chi connectivity index (χ2n) is 10.1. The highest BCUT2D eigenvalue weighted by Crippen LogP contribution is 2.45. The van der Waals surface area contributed by atoms with E-state index in [1.165, 1.54) is 17.2 Å². The number of unbranched alkanes of at least 4 members (excludes halogenated alkanes) is 1. The standard InChI is InChI=1S/C32H40FNO2/c1-3-25-13-9-14-27(23-25)31-29(15-10-16-30(31)33)32(35,19-7-8-22-36-2)28-17-20-34(21-18-28)24-26-11-5-4-6-12-26/h4-6,9-16,23,28,35H,3,7-8,17-22,24H2,1-2H3. The summed E-state index contributed by atoms with van der Waals surface area (Å²) in [6.45, 7) is 5.55. The molecule has 1 heterocycles. The second kappa shape index (κ2) is 12.6. The van der Waals surface area contributed by atoms with Gasteiger partial charge in [-0.3, -0.25) is 4.90 Å². The lowest BCUT2D eigenvalue weighted by molar-refractivity contribution is -0.0582. The molecule has 0 spiro atoms. The Kier molecular flexibility index (Phi) is 9.30. The summed E-state index contributed by atoms with van der Waals surface area (Å²) in [4.78, 5) is 2.47. The quantitative estimate of drug-likeness (QED) is 0.295. The number of ether oxygens (including phenoxy) is 1. The van der Waals surface area contributed by atoms with E-state index >= 15 is 4.39 Å². The van der Waals surface area contributed by atoms with E-state index in [0.717, 1.165) is 62.9 Å². The van der Waals surface area contributed by atoms with Gasteiger partial charge in [-0.2, -0.15) is 0 Å². The molecule has 1 saturated heterocycles. The molecule has 0 aliphatic carbocycles. The van der Waals surface area contributed by atoms with E-state index in [0.29, 0.717) is 18.6 Å². The summed E-state index contributed by atoms with van der Waals surface area (Å²) < 4.78 is 20.7. The van der Waals surface area contributed by atoms with Crippen LogP contribution < -0.4 is 0 Å². The summed E-state index contributed by atoms with van der Waals surface area (Å²) in [5.41, 5.74) is 3.52. The van der Waals surface area contributed by atoms with Crippen LogP contribution in [0.15, 0.2) is 72.8 Å². The van der Waals surface area contributed by atoms with Gasteiger partial charge in [0.1, 0.15) is 5.82 Å². The Labute approximate surface area is 215 Å². The van der Waals surface area contributed by atoms with Gasteiger partial charge < -0.3 is 9.84 Å². The third-order valence-corrected chi connectivity index (χ3v) is 7.77. The molecule has 0 saturated carbocycles. The van der Waals surface area contributed by atoms with Gasteiger partial charge in [0.25, 0.3) is 0 Å². The van der Waals surface area contributed by atoms with Crippen LogP contribution in [0, 0.1) is 11.7 Å². The first-order valence-electron chi connectivity index (χ1n) is 13.4. The van der Waals surface area contributed by atoms with Crippen molar-refractivity contribution in [3.63, 3.8) is 0 Å². The molecule has 1 unspecified atom stereocenters. The Morgan fingerprint density at radius 3 is 2.39 bits per heavy atom. The Hall–Kier alpha value is -2.53. The molecule has 3 nitrogen and oxygen atoms in total. The highest BCUT2D eigenvalue weighted by Gasteiger charge is 2.41. The van der Waals surface area contributed by atoms with Crippen molar-refractivity contribution < 1.29 is 14.2 Å². The van der Waals surface area contributed by atoms with Crippen LogP contribution in [-0.4, -0.2) is 36.8 Å². The number of hydrogen-bond acceptors (Lipinski definition) is 3. The molecule has 0 radical (unpaired) electrons. The number of halogens is 1. The van der Waals surface area contributed by atoms with Crippen LogP contribution in [0.3, 0.4) is 0 Å². The summed E-state index contributed by atoms with van der Waals surface area (Å²) in [7, 11) is 1.71. The molecule has 4 heteroatoms. The van der Waals surface area contributed by atoms with E-state index in [1.807, 2.05) is 24.3 Å². The van der Waals surface area contributed by atoms with Crippen LogP contribution in [-0.2, 0) is 23.3 Å². The molecule has 192 valence electrons. The minimum Gasteiger partial charge on any atom is -0.385 e. The normalized spacial score (nSPS) is 16.7. The second-order valence-corrected chi connectivity index (χ2v) is 10.1. The SMILES string of the molecule is CCc1cccc(-c2c(F)cccc2C(O)(CCCCOC)C2CCN(Cc3ccccc3)CC2)c1. The van der Waals surface area contributed by atoms with Gasteiger partial charge in [0, 0.05) is 25.8 Å². The van der Waals surface area contributed by atoms with Gasteiger partial charge in [-0.25, -0.2) is 4.39 Å². The van der Waals surface area contributed by atoms with Crippen LogP contribution in [0.1, 0.15) is 55.7 Å². The highest BCUT2D eigenvalue weighted by molar-refractivity contribution is 5.70. The first-order valence-corrected chi connectivity index (χ1v) is 13.4. The largest absolute Gasteiger partial charge is 0.385 e. The molecule has 3 aromatic carbocycles. The van der Waals surface area contributed by atoms with Crippen molar-refractivity contribution in [3.8, 4) is 11.1 Å². The number of methoxy groups -OCH3 is 1. The lowest BCUT2D eigenvalue weighted by atomic mass is 9.71. The smallest absolute Gasteiger partial charge is 0.131 e. The molecule has 0 bridgehead atoms. The molecule has 1 aliphatic rings. The van der Waals surface area contributed by atoms with Crippen molar-refractivity contribution in [2.75, 3.05) is 26.8 Å². The van der Waals surface area contributed by atoms with E-state index in [4.69, 9.17) is 4.74 Å². The Morgan fingerprint density at radius 2 is 1.67 bits per heavy atom. The third-order valence-electron chi connectivity index (χ3n) is 7.77. The molecule has 1 N–H and O–H groups in total. The molecule has 0 amide bonds. The zero-order valence-corrected chi connectivity index (χ0v) is 21.8. The van der Waals surface area contributed by atoms with Gasteiger partial charge >= 0.3 is 0 Å². The first kappa shape index (κ1) is 26.5. The number of piperidine rings is 1. The van der Waals surface area contributed by atoms with Gasteiger partial charge in [-0.1, -0.05) is 73.7 Å². The van der Waals surface area contributed by atoms with E-state index in [-0.39, 0.29) is 11.7 Å². The summed E-state index contributed by atoms with van der Waals surface area (Å²) in [6, 6.07) is 23.9. The van der Waals surface area contributed by atoms with Crippen LogP contribution in [0.25, 0.3) is 11.1 Å². The van der Waals surface area contributed by atoms with Gasteiger partial charge in [0.15, 0.2) is 0 Å². The summed E-state index contributed by atoms with van der Waals surface area (Å²) >= 11 is 0. The fraction of sp³-hybridized carbons (Fsp3) is 0.438. The van der Waals surface area contributed by atoms with Crippen LogP contribution in [0.4, 0.5) is 4.39 Å². The first-order chi connectivity index (χ1) is 17.5. The fourth-order valence-corrected chi connectivity index (χ4v) is 5.73. The Morgan fingerprint density at radius 1 is 0.944 bits per heavy atom. The topological polar surface area (TPSA) is 32.7 Å². The van der Waals surface area contributed by atoms with Gasteiger partial charge in [-0.15, -0.1) is 0 Å². The summed E-state index contributed by atoms with van der Waals surface area (Å²) in [5.74, 6) is -0.195. The van der Waals surface area contributed by atoms with E-state index in [9.17, 15) is 5.11 Å². The maximum absolute atomic E-state index is 15.5. The zero-order valence-electron chi connectivity index (χ0n) is 21.8. The highest BCUT2D eigenvalue weighted by atomic mass is 19.1. The molecule has 4 rings (SSSR count). The van der Waals surface area contributed by atoms with Gasteiger partial charge in [-0.05, 0) is 85.9 Å². The van der Waals surface area contributed by atoms with Crippen molar-refractivity contribution in [3.05, 3.63) is 95.3 Å². The number of hydrogen-bond donors (Lipinski definition) is 1. The number of aliphatic hydroxyl groups is 1. The maximum atomic E-state index is 15.5. The number of likely N-dealkylation sites (tertiary alicyclic amines) is 1. The molecular formula is C32H40FNO2. The van der Waals surface area contributed by atoms with Crippen LogP contribution in [0.5, 0.6) is 0 Å². The minimum atomic E-state index is -1.09. The van der Waals surface area contributed by atoms with Crippen LogP contribution in [0.2, 0.25) is 0 Å². The van der Waals surface area contributed by atoms with Crippen molar-refractivity contribution in [2.24, 2.45) is 5.92 Å². The lowest BCUT2D eigenvalue weighted by Gasteiger charge is -2.43. The van der Waals surface area contributed by atoms with Crippen molar-refractivity contribution in [2.45, 2.75) is 57.6 Å². The maximum Gasteiger partial charge on any atom is 0.131 e. The number of benzene rings is 3. The van der Waals surface area contributed by atoms with Gasteiger partial charge in [0.05, 0.1) is 5.60 Å². The van der Waals surface area contributed by atoms with Crippen LogP contribution >= 0.6 is 0 Å². The molecule has 1 fully saturated rings.